The minimum Gasteiger partial charge on any atom is -0.507 e. The number of amidine groups is 1. The molecule has 2 rings (SSSR count). The molecule has 2 aromatic carbocycles. The summed E-state index contributed by atoms with van der Waals surface area (Å²) in [5, 5.41) is 19.7. The van der Waals surface area contributed by atoms with Crippen LogP contribution in [0.1, 0.15) is 22.8 Å². The van der Waals surface area contributed by atoms with Gasteiger partial charge in [-0.25, -0.2) is 4.39 Å². The van der Waals surface area contributed by atoms with Crippen LogP contribution in [0.25, 0.3) is 0 Å². The zero-order valence-corrected chi connectivity index (χ0v) is 13.0. The first kappa shape index (κ1) is 17.4. The van der Waals surface area contributed by atoms with E-state index in [1.54, 1.807) is 24.3 Å². The molecule has 0 aliphatic rings. The summed E-state index contributed by atoms with van der Waals surface area (Å²) in [7, 11) is 1.26. The fourth-order valence-electron chi connectivity index (χ4n) is 2.23. The van der Waals surface area contributed by atoms with Gasteiger partial charge in [-0.2, -0.15) is 0 Å². The van der Waals surface area contributed by atoms with Gasteiger partial charge in [-0.15, -0.1) is 0 Å². The normalized spacial score (nSPS) is 11.8. The van der Waals surface area contributed by atoms with E-state index in [0.29, 0.717) is 5.56 Å². The monoisotopic (exact) mass is 331 g/mol. The van der Waals surface area contributed by atoms with Gasteiger partial charge in [-0.1, -0.05) is 30.3 Å². The number of benzene rings is 2. The van der Waals surface area contributed by atoms with Crippen molar-refractivity contribution in [2.24, 2.45) is 5.73 Å². The standard InChI is InChI=1S/C17H18FN3O3/c1-24-15(14-12(18)3-2-4-13(14)22)17(23)21-9-10-5-7-11(8-6-10)16(19)20/h2-8,15,22H,9H2,1H3,(H3,19,20)(H,21,23)/t15-/m0/s1. The van der Waals surface area contributed by atoms with E-state index in [9.17, 15) is 14.3 Å². The Morgan fingerprint density at radius 1 is 1.33 bits per heavy atom. The van der Waals surface area contributed by atoms with Crippen LogP contribution in [0.4, 0.5) is 4.39 Å². The average molecular weight is 331 g/mol. The first-order chi connectivity index (χ1) is 11.4. The number of phenolic OH excluding ortho intramolecular Hbond substituents is 1. The van der Waals surface area contributed by atoms with E-state index in [-0.39, 0.29) is 23.7 Å². The number of hydrogen-bond donors (Lipinski definition) is 4. The Morgan fingerprint density at radius 2 is 2.00 bits per heavy atom. The lowest BCUT2D eigenvalue weighted by Crippen LogP contribution is -2.30. The number of amides is 1. The van der Waals surface area contributed by atoms with E-state index in [2.05, 4.69) is 5.32 Å². The van der Waals surface area contributed by atoms with Crippen LogP contribution >= 0.6 is 0 Å². The quantitative estimate of drug-likeness (QED) is 0.478. The number of rotatable bonds is 6. The fourth-order valence-corrected chi connectivity index (χ4v) is 2.23. The van der Waals surface area contributed by atoms with Gasteiger partial charge in [0, 0.05) is 19.2 Å². The second kappa shape index (κ2) is 7.56. The molecule has 7 heteroatoms. The largest absolute Gasteiger partial charge is 0.507 e. The van der Waals surface area contributed by atoms with Gasteiger partial charge in [-0.05, 0) is 17.7 Å². The lowest BCUT2D eigenvalue weighted by molar-refractivity contribution is -0.131. The summed E-state index contributed by atoms with van der Waals surface area (Å²) in [5.41, 5.74) is 6.53. The van der Waals surface area contributed by atoms with E-state index in [1.807, 2.05) is 0 Å². The number of nitrogens with two attached hydrogens (primary N) is 1. The van der Waals surface area contributed by atoms with Crippen LogP contribution in [-0.4, -0.2) is 24.0 Å². The summed E-state index contributed by atoms with van der Waals surface area (Å²) in [5.74, 6) is -1.68. The molecule has 0 aliphatic carbocycles. The molecule has 24 heavy (non-hydrogen) atoms. The summed E-state index contributed by atoms with van der Waals surface area (Å²) in [6.45, 7) is 0.187. The summed E-state index contributed by atoms with van der Waals surface area (Å²) in [6.07, 6.45) is -1.26. The van der Waals surface area contributed by atoms with Crippen molar-refractivity contribution in [2.45, 2.75) is 12.6 Å². The molecule has 0 radical (unpaired) electrons. The van der Waals surface area contributed by atoms with Gasteiger partial charge < -0.3 is 20.9 Å². The topological polar surface area (TPSA) is 108 Å². The van der Waals surface area contributed by atoms with Crippen molar-refractivity contribution in [3.8, 4) is 5.75 Å². The van der Waals surface area contributed by atoms with Crippen molar-refractivity contribution in [3.63, 3.8) is 0 Å². The Hall–Kier alpha value is -2.93. The zero-order chi connectivity index (χ0) is 17.7. The van der Waals surface area contributed by atoms with Crippen LogP contribution in [0.2, 0.25) is 0 Å². The summed E-state index contributed by atoms with van der Waals surface area (Å²) in [4.78, 5) is 12.3. The molecular formula is C17H18FN3O3. The number of phenols is 1. The maximum absolute atomic E-state index is 13.9. The minimum atomic E-state index is -1.26. The molecule has 1 atom stereocenters. The highest BCUT2D eigenvalue weighted by atomic mass is 19.1. The Bertz CT molecular complexity index is 727. The Labute approximate surface area is 138 Å². The predicted molar refractivity (Wildman–Crippen MR) is 87.1 cm³/mol. The van der Waals surface area contributed by atoms with Gasteiger partial charge in [0.15, 0.2) is 6.10 Å². The van der Waals surface area contributed by atoms with Crippen molar-refractivity contribution in [3.05, 3.63) is 65.0 Å². The maximum atomic E-state index is 13.9. The number of ether oxygens (including phenoxy) is 1. The molecule has 0 bridgehead atoms. The van der Waals surface area contributed by atoms with Crippen LogP contribution in [0.15, 0.2) is 42.5 Å². The number of nitrogen functional groups attached to an aromatic ring is 1. The number of hydrogen-bond acceptors (Lipinski definition) is 4. The lowest BCUT2D eigenvalue weighted by atomic mass is 10.1. The van der Waals surface area contributed by atoms with Gasteiger partial charge in [0.25, 0.3) is 5.91 Å². The van der Waals surface area contributed by atoms with Crippen molar-refractivity contribution in [1.29, 1.82) is 5.41 Å². The maximum Gasteiger partial charge on any atom is 0.254 e. The minimum absolute atomic E-state index is 0.0416. The molecule has 2 aromatic rings. The molecule has 1 amide bonds. The molecule has 0 aromatic heterocycles. The van der Waals surface area contributed by atoms with Crippen LogP contribution in [0, 0.1) is 11.2 Å². The number of halogens is 1. The number of carbonyl (C=O) groups is 1. The van der Waals surface area contributed by atoms with Crippen LogP contribution < -0.4 is 11.1 Å². The third kappa shape index (κ3) is 3.88. The molecule has 0 saturated carbocycles. The predicted octanol–water partition coefficient (Wildman–Crippen LogP) is 1.82. The highest BCUT2D eigenvalue weighted by Crippen LogP contribution is 2.29. The molecule has 0 aliphatic heterocycles. The van der Waals surface area contributed by atoms with Crippen LogP contribution in [0.3, 0.4) is 0 Å². The fraction of sp³-hybridized carbons (Fsp3) is 0.176. The van der Waals surface area contributed by atoms with Gasteiger partial charge in [0.05, 0.1) is 5.56 Å². The van der Waals surface area contributed by atoms with Crippen molar-refractivity contribution < 1.29 is 19.0 Å². The van der Waals surface area contributed by atoms with Crippen LogP contribution in [0.5, 0.6) is 5.75 Å². The molecule has 6 nitrogen and oxygen atoms in total. The molecule has 126 valence electrons. The van der Waals surface area contributed by atoms with E-state index >= 15 is 0 Å². The smallest absolute Gasteiger partial charge is 0.254 e. The summed E-state index contributed by atoms with van der Waals surface area (Å²) < 4.78 is 18.9. The summed E-state index contributed by atoms with van der Waals surface area (Å²) >= 11 is 0. The second-order valence-corrected chi connectivity index (χ2v) is 5.12. The number of nitrogens with one attached hydrogen (secondary N) is 2. The molecule has 0 spiro atoms. The summed E-state index contributed by atoms with van der Waals surface area (Å²) in [6, 6.07) is 10.6. The molecular weight excluding hydrogens is 313 g/mol. The van der Waals surface area contributed by atoms with Crippen molar-refractivity contribution in [2.75, 3.05) is 7.11 Å². The molecule has 0 fully saturated rings. The van der Waals surface area contributed by atoms with Gasteiger partial charge in [0.1, 0.15) is 17.4 Å². The van der Waals surface area contributed by atoms with E-state index < -0.39 is 17.8 Å². The van der Waals surface area contributed by atoms with Crippen LogP contribution in [-0.2, 0) is 16.1 Å². The van der Waals surface area contributed by atoms with E-state index in [0.717, 1.165) is 11.6 Å². The van der Waals surface area contributed by atoms with Crippen molar-refractivity contribution in [1.82, 2.24) is 5.32 Å². The first-order valence-electron chi connectivity index (χ1n) is 7.15. The SMILES string of the molecule is CO[C@H](C(=O)NCc1ccc(C(=N)N)cc1)c1c(O)cccc1F. The molecule has 0 heterocycles. The average Bonchev–Trinajstić information content (AvgIpc) is 2.56. The van der Waals surface area contributed by atoms with Gasteiger partial charge in [-0.3, -0.25) is 10.2 Å². The van der Waals surface area contributed by atoms with Gasteiger partial charge in [0.2, 0.25) is 0 Å². The lowest BCUT2D eigenvalue weighted by Gasteiger charge is -2.17. The highest BCUT2D eigenvalue weighted by Gasteiger charge is 2.26. The Kier molecular flexibility index (Phi) is 5.49. The third-order valence-corrected chi connectivity index (χ3v) is 3.50. The highest BCUT2D eigenvalue weighted by molar-refractivity contribution is 5.94. The van der Waals surface area contributed by atoms with E-state index in [1.165, 1.54) is 19.2 Å². The third-order valence-electron chi connectivity index (χ3n) is 3.50. The zero-order valence-electron chi connectivity index (χ0n) is 13.0. The first-order valence-corrected chi connectivity index (χ1v) is 7.15. The number of methoxy groups -OCH3 is 1. The second-order valence-electron chi connectivity index (χ2n) is 5.12. The number of aromatic hydroxyl groups is 1. The molecule has 5 N–H and O–H groups in total. The molecule has 0 unspecified atom stereocenters. The van der Waals surface area contributed by atoms with Gasteiger partial charge >= 0.3 is 0 Å². The van der Waals surface area contributed by atoms with Crippen molar-refractivity contribution >= 4 is 11.7 Å². The number of carbonyl (C=O) groups excluding carboxylic acids is 1. The molecule has 0 saturated heterocycles. The Balaban J connectivity index is 2.08. The Morgan fingerprint density at radius 3 is 2.54 bits per heavy atom. The van der Waals surface area contributed by atoms with E-state index in [4.69, 9.17) is 15.9 Å².